The minimum Gasteiger partial charge on any atom is -0.493 e. The molecule has 2 aromatic carbocycles. The first-order valence-electron chi connectivity index (χ1n) is 8.52. The number of aliphatic imine (C=N–C) groups is 1. The number of amides is 1. The molecule has 2 atom stereocenters. The highest BCUT2D eigenvalue weighted by molar-refractivity contribution is 6.13. The largest absolute Gasteiger partial charge is 0.493 e. The third kappa shape index (κ3) is 3.33. The van der Waals surface area contributed by atoms with Crippen LogP contribution in [0.5, 0.6) is 5.75 Å². The number of rotatable bonds is 4. The Bertz CT molecular complexity index is 817. The molecular weight excluding hydrogens is 319 g/mol. The maximum Gasteiger partial charge on any atom is 0.277 e. The number of halogens is 1. The second-order valence-corrected chi connectivity index (χ2v) is 6.53. The van der Waals surface area contributed by atoms with Gasteiger partial charge in [0.25, 0.3) is 5.91 Å². The number of nitrogens with zero attached hydrogens (tertiary/aromatic N) is 1. The van der Waals surface area contributed by atoms with E-state index in [0.29, 0.717) is 24.0 Å². The van der Waals surface area contributed by atoms with E-state index in [2.05, 4.69) is 10.3 Å². The van der Waals surface area contributed by atoms with Gasteiger partial charge >= 0.3 is 0 Å². The second kappa shape index (κ2) is 6.76. The summed E-state index contributed by atoms with van der Waals surface area (Å²) in [6.07, 6.45) is 2.58. The third-order valence-corrected chi connectivity index (χ3v) is 4.94. The van der Waals surface area contributed by atoms with Gasteiger partial charge in [-0.05, 0) is 54.8 Å². The Morgan fingerprint density at radius 3 is 2.88 bits per heavy atom. The highest BCUT2D eigenvalue weighted by Gasteiger charge is 2.27. The molecule has 1 N–H and O–H groups in total. The first-order valence-corrected chi connectivity index (χ1v) is 8.52. The van der Waals surface area contributed by atoms with Gasteiger partial charge < -0.3 is 10.1 Å². The lowest BCUT2D eigenvalue weighted by atomic mass is 9.81. The molecule has 1 saturated heterocycles. The fourth-order valence-electron chi connectivity index (χ4n) is 3.58. The van der Waals surface area contributed by atoms with Crippen molar-refractivity contribution < 1.29 is 13.9 Å². The van der Waals surface area contributed by atoms with E-state index in [4.69, 9.17) is 4.74 Å². The van der Waals surface area contributed by atoms with Crippen molar-refractivity contribution in [1.29, 1.82) is 0 Å². The van der Waals surface area contributed by atoms with Gasteiger partial charge in [-0.25, -0.2) is 9.38 Å². The smallest absolute Gasteiger partial charge is 0.277 e. The number of nitrogens with one attached hydrogen (secondary N) is 1. The number of hydrogen-bond donors (Lipinski definition) is 1. The molecule has 0 aliphatic carbocycles. The average Bonchev–Trinajstić information content (AvgIpc) is 3.01. The van der Waals surface area contributed by atoms with Crippen LogP contribution in [0.2, 0.25) is 0 Å². The van der Waals surface area contributed by atoms with Crippen LogP contribution in [0.4, 0.5) is 4.39 Å². The fourth-order valence-corrected chi connectivity index (χ4v) is 3.58. The molecule has 4 rings (SSSR count). The lowest BCUT2D eigenvalue weighted by Gasteiger charge is -2.32. The fraction of sp³-hybridized carbons (Fsp3) is 0.300. The summed E-state index contributed by atoms with van der Waals surface area (Å²) < 4.78 is 19.2. The Morgan fingerprint density at radius 1 is 1.20 bits per heavy atom. The predicted octanol–water partition coefficient (Wildman–Crippen LogP) is 3.17. The Morgan fingerprint density at radius 2 is 2.04 bits per heavy atom. The molecule has 0 radical (unpaired) electrons. The van der Waals surface area contributed by atoms with Crippen LogP contribution in [0.3, 0.4) is 0 Å². The number of benzene rings is 2. The van der Waals surface area contributed by atoms with E-state index in [-0.39, 0.29) is 11.7 Å². The van der Waals surface area contributed by atoms with Crippen LogP contribution in [0, 0.1) is 11.7 Å². The van der Waals surface area contributed by atoms with Crippen LogP contribution in [-0.4, -0.2) is 31.8 Å². The summed E-state index contributed by atoms with van der Waals surface area (Å²) in [6, 6.07) is 12.2. The number of fused-ring (bicyclic) bond motifs is 1. The SMILES string of the molecule is O=C1N=Cc2cc(OC[C@@H]3CNCC[C@H]3c3ccc(F)cc3)ccc21. The molecule has 25 heavy (non-hydrogen) atoms. The van der Waals surface area contributed by atoms with Crippen molar-refractivity contribution in [3.8, 4) is 5.75 Å². The number of hydrogen-bond acceptors (Lipinski definition) is 3. The zero-order chi connectivity index (χ0) is 17.2. The first-order chi connectivity index (χ1) is 12.2. The zero-order valence-electron chi connectivity index (χ0n) is 13.7. The van der Waals surface area contributed by atoms with Crippen molar-refractivity contribution >= 4 is 12.1 Å². The molecule has 2 aliphatic heterocycles. The Labute approximate surface area is 145 Å². The molecule has 1 amide bonds. The Hall–Kier alpha value is -2.53. The van der Waals surface area contributed by atoms with Crippen LogP contribution in [0.1, 0.15) is 33.8 Å². The number of carbonyl (C=O) groups is 1. The maximum atomic E-state index is 13.2. The highest BCUT2D eigenvalue weighted by atomic mass is 19.1. The quantitative estimate of drug-likeness (QED) is 0.932. The van der Waals surface area contributed by atoms with Gasteiger partial charge in [0, 0.05) is 24.2 Å². The summed E-state index contributed by atoms with van der Waals surface area (Å²) in [7, 11) is 0. The lowest BCUT2D eigenvalue weighted by molar-refractivity contribution is 0.101. The Balaban J connectivity index is 1.46. The summed E-state index contributed by atoms with van der Waals surface area (Å²) in [6.45, 7) is 2.39. The molecule has 2 heterocycles. The van der Waals surface area contributed by atoms with Crippen LogP contribution in [-0.2, 0) is 0 Å². The molecule has 2 aliphatic rings. The monoisotopic (exact) mass is 338 g/mol. The molecule has 0 aromatic heterocycles. The van der Waals surface area contributed by atoms with Crippen molar-refractivity contribution in [2.75, 3.05) is 19.7 Å². The predicted molar refractivity (Wildman–Crippen MR) is 94.0 cm³/mol. The van der Waals surface area contributed by atoms with Gasteiger partial charge in [-0.1, -0.05) is 12.1 Å². The van der Waals surface area contributed by atoms with E-state index >= 15 is 0 Å². The topological polar surface area (TPSA) is 50.7 Å². The minimum atomic E-state index is -0.208. The number of piperidine rings is 1. The van der Waals surface area contributed by atoms with Gasteiger partial charge in [0.1, 0.15) is 11.6 Å². The minimum absolute atomic E-state index is 0.200. The van der Waals surface area contributed by atoms with Gasteiger partial charge in [-0.3, -0.25) is 4.79 Å². The summed E-state index contributed by atoms with van der Waals surface area (Å²) in [5.74, 6) is 0.986. The maximum absolute atomic E-state index is 13.2. The van der Waals surface area contributed by atoms with Crippen molar-refractivity contribution in [3.05, 3.63) is 65.0 Å². The summed E-state index contributed by atoms with van der Waals surface area (Å²) in [4.78, 5) is 15.3. The van der Waals surface area contributed by atoms with E-state index in [9.17, 15) is 9.18 Å². The van der Waals surface area contributed by atoms with E-state index in [1.165, 1.54) is 12.1 Å². The van der Waals surface area contributed by atoms with Crippen molar-refractivity contribution in [2.45, 2.75) is 12.3 Å². The Kier molecular flexibility index (Phi) is 4.32. The first kappa shape index (κ1) is 16.0. The van der Waals surface area contributed by atoms with Crippen LogP contribution >= 0.6 is 0 Å². The van der Waals surface area contributed by atoms with Crippen LogP contribution in [0.15, 0.2) is 47.5 Å². The normalized spacial score (nSPS) is 22.0. The average molecular weight is 338 g/mol. The summed E-state index contributed by atoms with van der Waals surface area (Å²) in [5.41, 5.74) is 2.58. The summed E-state index contributed by atoms with van der Waals surface area (Å²) in [5, 5.41) is 3.41. The molecular formula is C20H19FN2O2. The number of carbonyl (C=O) groups excluding carboxylic acids is 1. The van der Waals surface area contributed by atoms with E-state index in [1.54, 1.807) is 12.3 Å². The van der Waals surface area contributed by atoms with Crippen LogP contribution < -0.4 is 10.1 Å². The lowest BCUT2D eigenvalue weighted by Crippen LogP contribution is -2.38. The van der Waals surface area contributed by atoms with Crippen molar-refractivity contribution in [3.63, 3.8) is 0 Å². The standard InChI is InChI=1S/C20H19FN2O2/c21-16-3-1-13(2-4-16)18-7-8-22-10-15(18)12-25-17-5-6-19-14(9-17)11-23-20(19)24/h1-6,9,11,15,18,22H,7-8,10,12H2/t15-,18-/m0/s1. The third-order valence-electron chi connectivity index (χ3n) is 4.94. The van der Waals surface area contributed by atoms with E-state index < -0.39 is 0 Å². The van der Waals surface area contributed by atoms with Crippen molar-refractivity contribution in [1.82, 2.24) is 5.32 Å². The molecule has 4 nitrogen and oxygen atoms in total. The molecule has 0 saturated carbocycles. The summed E-state index contributed by atoms with van der Waals surface area (Å²) >= 11 is 0. The van der Waals surface area contributed by atoms with Gasteiger partial charge in [-0.2, -0.15) is 0 Å². The van der Waals surface area contributed by atoms with Gasteiger partial charge in [0.05, 0.1) is 12.2 Å². The molecule has 0 spiro atoms. The highest BCUT2D eigenvalue weighted by Crippen LogP contribution is 2.31. The molecule has 5 heteroatoms. The van der Waals surface area contributed by atoms with Gasteiger partial charge in [0.2, 0.25) is 0 Å². The van der Waals surface area contributed by atoms with E-state index in [1.807, 2.05) is 24.3 Å². The van der Waals surface area contributed by atoms with Gasteiger partial charge in [0.15, 0.2) is 0 Å². The molecule has 0 unspecified atom stereocenters. The molecule has 2 aromatic rings. The molecule has 128 valence electrons. The van der Waals surface area contributed by atoms with Gasteiger partial charge in [-0.15, -0.1) is 0 Å². The number of ether oxygens (including phenoxy) is 1. The second-order valence-electron chi connectivity index (χ2n) is 6.53. The molecule has 1 fully saturated rings. The van der Waals surface area contributed by atoms with E-state index in [0.717, 1.165) is 36.4 Å². The zero-order valence-corrected chi connectivity index (χ0v) is 13.7. The van der Waals surface area contributed by atoms with Crippen LogP contribution in [0.25, 0.3) is 0 Å². The molecule has 0 bridgehead atoms. The van der Waals surface area contributed by atoms with Crippen molar-refractivity contribution in [2.24, 2.45) is 10.9 Å².